The molecule has 0 atom stereocenters. The molecule has 0 saturated heterocycles. The fourth-order valence-corrected chi connectivity index (χ4v) is 3.42. The maximum Gasteiger partial charge on any atom is 0.0708 e. The molecule has 3 rings (SSSR count). The molecule has 0 unspecified atom stereocenters. The van der Waals surface area contributed by atoms with Gasteiger partial charge in [-0.15, -0.1) is 0 Å². The first-order valence-electron chi connectivity index (χ1n) is 8.71. The predicted octanol–water partition coefficient (Wildman–Crippen LogP) is 4.59. The SMILES string of the molecule is CC(C)CNCc1c2c(nc3ccc(C(C)C)cc13)CCC2. The molecule has 0 aliphatic heterocycles. The molecule has 1 aromatic heterocycles. The Balaban J connectivity index is 2.06. The zero-order valence-corrected chi connectivity index (χ0v) is 14.4. The van der Waals surface area contributed by atoms with E-state index in [9.17, 15) is 0 Å². The van der Waals surface area contributed by atoms with E-state index in [1.807, 2.05) is 0 Å². The average Bonchev–Trinajstić information content (AvgIpc) is 2.93. The lowest BCUT2D eigenvalue weighted by molar-refractivity contribution is 0.552. The summed E-state index contributed by atoms with van der Waals surface area (Å²) < 4.78 is 0. The normalized spacial score (nSPS) is 14.3. The topological polar surface area (TPSA) is 24.9 Å². The number of aryl methyl sites for hydroxylation is 1. The minimum atomic E-state index is 0.564. The maximum absolute atomic E-state index is 4.93. The van der Waals surface area contributed by atoms with Gasteiger partial charge in [0, 0.05) is 17.6 Å². The third-order valence-electron chi connectivity index (χ3n) is 4.68. The van der Waals surface area contributed by atoms with Crippen molar-refractivity contribution < 1.29 is 0 Å². The van der Waals surface area contributed by atoms with Gasteiger partial charge in [-0.25, -0.2) is 0 Å². The van der Waals surface area contributed by atoms with Gasteiger partial charge in [0.2, 0.25) is 0 Å². The van der Waals surface area contributed by atoms with Gasteiger partial charge < -0.3 is 5.32 Å². The van der Waals surface area contributed by atoms with Gasteiger partial charge >= 0.3 is 0 Å². The van der Waals surface area contributed by atoms with Crippen molar-refractivity contribution in [1.29, 1.82) is 0 Å². The largest absolute Gasteiger partial charge is 0.312 e. The number of rotatable bonds is 5. The lowest BCUT2D eigenvalue weighted by Gasteiger charge is -2.16. The van der Waals surface area contributed by atoms with Crippen molar-refractivity contribution in [3.8, 4) is 0 Å². The maximum atomic E-state index is 4.93. The van der Waals surface area contributed by atoms with E-state index in [2.05, 4.69) is 51.2 Å². The number of nitrogens with one attached hydrogen (secondary N) is 1. The fraction of sp³-hybridized carbons (Fsp3) is 0.550. The Morgan fingerprint density at radius 1 is 1.14 bits per heavy atom. The van der Waals surface area contributed by atoms with Gasteiger partial charge in [0.25, 0.3) is 0 Å². The molecule has 1 aliphatic rings. The number of hydrogen-bond acceptors (Lipinski definition) is 2. The number of hydrogen-bond donors (Lipinski definition) is 1. The van der Waals surface area contributed by atoms with Crippen LogP contribution in [0.25, 0.3) is 10.9 Å². The van der Waals surface area contributed by atoms with E-state index < -0.39 is 0 Å². The number of aromatic nitrogens is 1. The molecule has 1 N–H and O–H groups in total. The van der Waals surface area contributed by atoms with Crippen molar-refractivity contribution in [2.45, 2.75) is 59.4 Å². The van der Waals surface area contributed by atoms with Crippen molar-refractivity contribution in [1.82, 2.24) is 10.3 Å². The van der Waals surface area contributed by atoms with Crippen LogP contribution in [0.5, 0.6) is 0 Å². The summed E-state index contributed by atoms with van der Waals surface area (Å²) in [5.74, 6) is 1.25. The molecule has 1 aromatic carbocycles. The average molecular weight is 296 g/mol. The van der Waals surface area contributed by atoms with Crippen molar-refractivity contribution >= 4 is 10.9 Å². The molecule has 2 nitrogen and oxygen atoms in total. The highest BCUT2D eigenvalue weighted by Gasteiger charge is 2.19. The van der Waals surface area contributed by atoms with Crippen LogP contribution in [0.4, 0.5) is 0 Å². The van der Waals surface area contributed by atoms with Crippen LogP contribution in [0.15, 0.2) is 18.2 Å². The fourth-order valence-electron chi connectivity index (χ4n) is 3.42. The summed E-state index contributed by atoms with van der Waals surface area (Å²) in [5.41, 5.74) is 6.94. The van der Waals surface area contributed by atoms with Gasteiger partial charge in [0.05, 0.1) is 5.52 Å². The van der Waals surface area contributed by atoms with Gasteiger partial charge in [0.15, 0.2) is 0 Å². The number of benzene rings is 1. The molecule has 118 valence electrons. The van der Waals surface area contributed by atoms with Crippen LogP contribution >= 0.6 is 0 Å². The third kappa shape index (κ3) is 3.03. The molecular formula is C20H28N2. The standard InChI is InChI=1S/C20H28N2/c1-13(2)11-21-12-18-16-6-5-7-19(16)22-20-9-8-15(14(3)4)10-17(18)20/h8-10,13-14,21H,5-7,11-12H2,1-4H3. The zero-order chi connectivity index (χ0) is 15.7. The molecule has 0 radical (unpaired) electrons. The molecule has 2 heteroatoms. The number of nitrogens with zero attached hydrogens (tertiary/aromatic N) is 1. The highest BCUT2D eigenvalue weighted by Crippen LogP contribution is 2.31. The second-order valence-corrected chi connectivity index (χ2v) is 7.33. The summed E-state index contributed by atoms with van der Waals surface area (Å²) in [5, 5.41) is 5.01. The van der Waals surface area contributed by atoms with E-state index in [-0.39, 0.29) is 0 Å². The quantitative estimate of drug-likeness (QED) is 0.872. The smallest absolute Gasteiger partial charge is 0.0708 e. The predicted molar refractivity (Wildman–Crippen MR) is 94.4 cm³/mol. The van der Waals surface area contributed by atoms with E-state index in [0.717, 1.165) is 19.5 Å². The van der Waals surface area contributed by atoms with Crippen LogP contribution in [-0.4, -0.2) is 11.5 Å². The molecule has 0 bridgehead atoms. The summed E-state index contributed by atoms with van der Waals surface area (Å²) >= 11 is 0. The van der Waals surface area contributed by atoms with Crippen molar-refractivity contribution in [2.24, 2.45) is 5.92 Å². The highest BCUT2D eigenvalue weighted by molar-refractivity contribution is 5.85. The first kappa shape index (κ1) is 15.5. The molecular weight excluding hydrogens is 268 g/mol. The second-order valence-electron chi connectivity index (χ2n) is 7.33. The highest BCUT2D eigenvalue weighted by atomic mass is 14.9. The molecule has 0 amide bonds. The summed E-state index contributed by atoms with van der Waals surface area (Å²) in [6.07, 6.45) is 3.60. The Morgan fingerprint density at radius 2 is 1.95 bits per heavy atom. The Kier molecular flexibility index (Phi) is 4.49. The van der Waals surface area contributed by atoms with Gasteiger partial charge in [-0.05, 0) is 66.5 Å². The van der Waals surface area contributed by atoms with E-state index in [1.54, 1.807) is 0 Å². The minimum Gasteiger partial charge on any atom is -0.312 e. The summed E-state index contributed by atoms with van der Waals surface area (Å²) in [7, 11) is 0. The van der Waals surface area contributed by atoms with Gasteiger partial charge in [-0.3, -0.25) is 4.98 Å². The van der Waals surface area contributed by atoms with E-state index in [0.29, 0.717) is 11.8 Å². The van der Waals surface area contributed by atoms with Gasteiger partial charge in [-0.2, -0.15) is 0 Å². The van der Waals surface area contributed by atoms with Crippen LogP contribution in [-0.2, 0) is 19.4 Å². The zero-order valence-electron chi connectivity index (χ0n) is 14.4. The Morgan fingerprint density at radius 3 is 2.68 bits per heavy atom. The van der Waals surface area contributed by atoms with Crippen molar-refractivity contribution in [2.75, 3.05) is 6.54 Å². The van der Waals surface area contributed by atoms with Crippen LogP contribution in [0, 0.1) is 5.92 Å². The molecule has 1 heterocycles. The third-order valence-corrected chi connectivity index (χ3v) is 4.68. The molecule has 2 aromatic rings. The molecule has 22 heavy (non-hydrogen) atoms. The molecule has 0 saturated carbocycles. The molecule has 1 aliphatic carbocycles. The lowest BCUT2D eigenvalue weighted by Crippen LogP contribution is -2.20. The minimum absolute atomic E-state index is 0.564. The molecule has 0 spiro atoms. The van der Waals surface area contributed by atoms with Crippen LogP contribution < -0.4 is 5.32 Å². The van der Waals surface area contributed by atoms with Crippen molar-refractivity contribution in [3.05, 3.63) is 40.6 Å². The van der Waals surface area contributed by atoms with Crippen molar-refractivity contribution in [3.63, 3.8) is 0 Å². The second kappa shape index (κ2) is 6.37. The first-order valence-corrected chi connectivity index (χ1v) is 8.71. The van der Waals surface area contributed by atoms with E-state index in [4.69, 9.17) is 4.98 Å². The lowest BCUT2D eigenvalue weighted by atomic mass is 9.96. The van der Waals surface area contributed by atoms with Gasteiger partial charge in [0.1, 0.15) is 0 Å². The monoisotopic (exact) mass is 296 g/mol. The number of fused-ring (bicyclic) bond motifs is 2. The van der Waals surface area contributed by atoms with E-state index in [1.165, 1.54) is 46.1 Å². The summed E-state index contributed by atoms with van der Waals surface area (Å²) in [6, 6.07) is 6.83. The Bertz CT molecular complexity index is 671. The first-order chi connectivity index (χ1) is 10.6. The summed E-state index contributed by atoms with van der Waals surface area (Å²) in [4.78, 5) is 4.93. The molecule has 0 fully saturated rings. The number of pyridine rings is 1. The van der Waals surface area contributed by atoms with Crippen LogP contribution in [0.3, 0.4) is 0 Å². The Labute approximate surface area is 134 Å². The van der Waals surface area contributed by atoms with E-state index >= 15 is 0 Å². The van der Waals surface area contributed by atoms with Crippen LogP contribution in [0.1, 0.15) is 62.4 Å². The Hall–Kier alpha value is -1.41. The van der Waals surface area contributed by atoms with Gasteiger partial charge in [-0.1, -0.05) is 33.8 Å². The summed E-state index contributed by atoms with van der Waals surface area (Å²) in [6.45, 7) is 11.1. The van der Waals surface area contributed by atoms with Crippen LogP contribution in [0.2, 0.25) is 0 Å².